The van der Waals surface area contributed by atoms with Crippen molar-refractivity contribution in [3.63, 3.8) is 0 Å². The number of aromatic nitrogens is 1. The molecule has 0 aliphatic heterocycles. The predicted octanol–water partition coefficient (Wildman–Crippen LogP) is 3.05. The van der Waals surface area contributed by atoms with Crippen LogP contribution >= 0.6 is 11.3 Å². The minimum atomic E-state index is 0.782. The van der Waals surface area contributed by atoms with Crippen molar-refractivity contribution in [2.24, 2.45) is 0 Å². The lowest BCUT2D eigenvalue weighted by atomic mass is 10.1. The Balaban J connectivity index is 1.59. The van der Waals surface area contributed by atoms with E-state index in [-0.39, 0.29) is 0 Å². The van der Waals surface area contributed by atoms with Gasteiger partial charge in [0.2, 0.25) is 0 Å². The Hall–Kier alpha value is -0.410. The van der Waals surface area contributed by atoms with Crippen molar-refractivity contribution in [1.82, 2.24) is 10.3 Å². The summed E-state index contributed by atoms with van der Waals surface area (Å²) in [6.07, 6.45) is 8.26. The van der Waals surface area contributed by atoms with Crippen molar-refractivity contribution in [2.45, 2.75) is 57.0 Å². The fourth-order valence-electron chi connectivity index (χ4n) is 2.30. The van der Waals surface area contributed by atoms with E-state index in [1.54, 1.807) is 0 Å². The number of nitrogens with zero attached hydrogens (tertiary/aromatic N) is 1. The van der Waals surface area contributed by atoms with E-state index in [2.05, 4.69) is 10.7 Å². The van der Waals surface area contributed by atoms with Gasteiger partial charge in [0.15, 0.2) is 0 Å². The summed E-state index contributed by atoms with van der Waals surface area (Å²) in [6.45, 7) is 0.980. The predicted molar refractivity (Wildman–Crippen MR) is 63.2 cm³/mol. The van der Waals surface area contributed by atoms with Gasteiger partial charge in [0.25, 0.3) is 0 Å². The molecule has 2 fully saturated rings. The fourth-order valence-corrected chi connectivity index (χ4v) is 3.29. The molecule has 0 radical (unpaired) electrons. The highest BCUT2D eigenvalue weighted by Gasteiger charge is 2.22. The molecular weight excluding hydrogens is 204 g/mol. The lowest BCUT2D eigenvalue weighted by Crippen LogP contribution is -2.15. The molecule has 0 unspecified atom stereocenters. The Morgan fingerprint density at radius 3 is 2.80 bits per heavy atom. The largest absolute Gasteiger partial charge is 0.308 e. The van der Waals surface area contributed by atoms with Crippen LogP contribution in [0.4, 0.5) is 0 Å². The second-order valence-electron chi connectivity index (χ2n) is 4.81. The summed E-state index contributed by atoms with van der Waals surface area (Å²) in [6, 6.07) is 0.793. The van der Waals surface area contributed by atoms with Gasteiger partial charge in [0.05, 0.1) is 10.7 Å². The first-order valence-electron chi connectivity index (χ1n) is 6.09. The van der Waals surface area contributed by atoms with E-state index >= 15 is 0 Å². The maximum atomic E-state index is 4.75. The van der Waals surface area contributed by atoms with Crippen LogP contribution < -0.4 is 5.32 Å². The molecule has 1 aromatic rings. The number of hydrogen-bond acceptors (Lipinski definition) is 3. The van der Waals surface area contributed by atoms with Crippen molar-refractivity contribution >= 4 is 11.3 Å². The van der Waals surface area contributed by atoms with E-state index in [9.17, 15) is 0 Å². The van der Waals surface area contributed by atoms with Gasteiger partial charge in [0.1, 0.15) is 0 Å². The van der Waals surface area contributed by atoms with Gasteiger partial charge in [-0.1, -0.05) is 12.8 Å². The Kier molecular flexibility index (Phi) is 2.76. The molecule has 1 N–H and O–H groups in total. The van der Waals surface area contributed by atoms with Gasteiger partial charge in [0, 0.05) is 23.9 Å². The summed E-state index contributed by atoms with van der Waals surface area (Å²) in [5, 5.41) is 7.15. The Labute approximate surface area is 95.1 Å². The van der Waals surface area contributed by atoms with Crippen LogP contribution in [0.25, 0.3) is 0 Å². The molecule has 1 aromatic heterocycles. The lowest BCUT2D eigenvalue weighted by molar-refractivity contribution is 0.664. The van der Waals surface area contributed by atoms with Crippen LogP contribution in [-0.2, 0) is 6.54 Å². The highest BCUT2D eigenvalue weighted by Crippen LogP contribution is 2.35. The first-order chi connectivity index (χ1) is 7.42. The summed E-state index contributed by atoms with van der Waals surface area (Å²) >= 11 is 1.87. The van der Waals surface area contributed by atoms with Gasteiger partial charge in [-0.05, 0) is 25.7 Å². The van der Waals surface area contributed by atoms with Gasteiger partial charge >= 0.3 is 0 Å². The molecule has 0 atom stereocenters. The molecule has 1 heterocycles. The maximum Gasteiger partial charge on any atom is 0.0959 e. The zero-order valence-corrected chi connectivity index (χ0v) is 9.85. The van der Waals surface area contributed by atoms with Gasteiger partial charge < -0.3 is 5.32 Å². The maximum absolute atomic E-state index is 4.75. The average Bonchev–Trinajstić information content (AvgIpc) is 2.78. The smallest absolute Gasteiger partial charge is 0.0959 e. The molecule has 0 spiro atoms. The standard InChI is InChI=1S/C12H18N2S/c1-2-4-9(3-1)12-14-11(8-15-12)7-13-10-5-6-10/h8-10,13H,1-7H2. The van der Waals surface area contributed by atoms with Crippen LogP contribution in [0.3, 0.4) is 0 Å². The highest BCUT2D eigenvalue weighted by molar-refractivity contribution is 7.09. The Morgan fingerprint density at radius 2 is 2.07 bits per heavy atom. The zero-order valence-electron chi connectivity index (χ0n) is 9.04. The minimum Gasteiger partial charge on any atom is -0.308 e. The Bertz CT molecular complexity index is 324. The van der Waals surface area contributed by atoms with E-state index < -0.39 is 0 Å². The topological polar surface area (TPSA) is 24.9 Å². The van der Waals surface area contributed by atoms with Crippen LogP contribution in [0.2, 0.25) is 0 Å². The third-order valence-electron chi connectivity index (χ3n) is 3.42. The normalized spacial score (nSPS) is 22.4. The van der Waals surface area contributed by atoms with Crippen LogP contribution in [0, 0.1) is 0 Å². The third kappa shape index (κ3) is 2.40. The highest BCUT2D eigenvalue weighted by atomic mass is 32.1. The second-order valence-corrected chi connectivity index (χ2v) is 5.70. The third-order valence-corrected chi connectivity index (χ3v) is 4.48. The van der Waals surface area contributed by atoms with Crippen molar-refractivity contribution in [1.29, 1.82) is 0 Å². The second kappa shape index (κ2) is 4.22. The summed E-state index contributed by atoms with van der Waals surface area (Å²) in [5.74, 6) is 0.782. The molecule has 0 saturated heterocycles. The van der Waals surface area contributed by atoms with E-state index in [0.29, 0.717) is 0 Å². The molecular formula is C12H18N2S. The van der Waals surface area contributed by atoms with Crippen molar-refractivity contribution in [2.75, 3.05) is 0 Å². The van der Waals surface area contributed by atoms with Gasteiger partial charge in [-0.3, -0.25) is 0 Å². The van der Waals surface area contributed by atoms with Crippen molar-refractivity contribution in [3.05, 3.63) is 16.1 Å². The molecule has 2 aliphatic rings. The summed E-state index contributed by atoms with van der Waals surface area (Å²) in [7, 11) is 0. The number of rotatable bonds is 4. The molecule has 2 aliphatic carbocycles. The number of nitrogens with one attached hydrogen (secondary N) is 1. The monoisotopic (exact) mass is 222 g/mol. The minimum absolute atomic E-state index is 0.782. The Morgan fingerprint density at radius 1 is 1.27 bits per heavy atom. The van der Waals surface area contributed by atoms with Crippen LogP contribution in [-0.4, -0.2) is 11.0 Å². The van der Waals surface area contributed by atoms with E-state index in [4.69, 9.17) is 4.98 Å². The number of hydrogen-bond donors (Lipinski definition) is 1. The van der Waals surface area contributed by atoms with Crippen LogP contribution in [0.5, 0.6) is 0 Å². The molecule has 82 valence electrons. The molecule has 3 rings (SSSR count). The zero-order chi connectivity index (χ0) is 10.1. The van der Waals surface area contributed by atoms with Crippen molar-refractivity contribution in [3.8, 4) is 0 Å². The molecule has 0 amide bonds. The van der Waals surface area contributed by atoms with Crippen LogP contribution in [0.1, 0.15) is 55.1 Å². The van der Waals surface area contributed by atoms with Crippen molar-refractivity contribution < 1.29 is 0 Å². The van der Waals surface area contributed by atoms with E-state index in [0.717, 1.165) is 18.5 Å². The molecule has 0 bridgehead atoms. The molecule has 0 aromatic carbocycles. The molecule has 15 heavy (non-hydrogen) atoms. The summed E-state index contributed by atoms with van der Waals surface area (Å²) in [4.78, 5) is 4.75. The molecule has 2 saturated carbocycles. The van der Waals surface area contributed by atoms with Gasteiger partial charge in [-0.25, -0.2) is 4.98 Å². The van der Waals surface area contributed by atoms with Gasteiger partial charge in [-0.2, -0.15) is 0 Å². The molecule has 2 nitrogen and oxygen atoms in total. The average molecular weight is 222 g/mol. The fraction of sp³-hybridized carbons (Fsp3) is 0.750. The summed E-state index contributed by atoms with van der Waals surface area (Å²) in [5.41, 5.74) is 1.26. The first kappa shape index (κ1) is 9.79. The number of thiazole rings is 1. The quantitative estimate of drug-likeness (QED) is 0.847. The van der Waals surface area contributed by atoms with Crippen LogP contribution in [0.15, 0.2) is 5.38 Å². The lowest BCUT2D eigenvalue weighted by Gasteiger charge is -2.03. The van der Waals surface area contributed by atoms with Gasteiger partial charge in [-0.15, -0.1) is 11.3 Å². The summed E-state index contributed by atoms with van der Waals surface area (Å²) < 4.78 is 0. The molecule has 3 heteroatoms. The SMILES string of the molecule is c1sc(C2CCCC2)nc1CNC1CC1. The van der Waals surface area contributed by atoms with E-state index in [1.807, 2.05) is 11.3 Å². The van der Waals surface area contributed by atoms with E-state index in [1.165, 1.54) is 49.2 Å². The first-order valence-corrected chi connectivity index (χ1v) is 6.97.